The third-order valence-corrected chi connectivity index (χ3v) is 2.76. The molecule has 0 radical (unpaired) electrons. The highest BCUT2D eigenvalue weighted by Crippen LogP contribution is 2.10. The second-order valence-electron chi connectivity index (χ2n) is 2.34. The van der Waals surface area contributed by atoms with Gasteiger partial charge in [-0.3, -0.25) is 4.39 Å². The van der Waals surface area contributed by atoms with Crippen molar-refractivity contribution in [1.29, 1.82) is 0 Å². The lowest BCUT2D eigenvalue weighted by Gasteiger charge is -1.97. The summed E-state index contributed by atoms with van der Waals surface area (Å²) in [5.74, 6) is 0. The average Bonchev–Trinajstić information content (AvgIpc) is 2.07. The Bertz CT molecular complexity index is 186. The Balaban J connectivity index is 2.28. The highest BCUT2D eigenvalue weighted by atomic mass is 31.1. The second-order valence-corrected chi connectivity index (χ2v) is 3.77. The van der Waals surface area contributed by atoms with Gasteiger partial charge in [-0.25, -0.2) is 0 Å². The lowest BCUT2D eigenvalue weighted by atomic mass is 10.4. The summed E-state index contributed by atoms with van der Waals surface area (Å²) in [5, 5.41) is 1.33. The van der Waals surface area contributed by atoms with Crippen molar-refractivity contribution >= 4 is 13.9 Å². The predicted octanol–water partition coefficient (Wildman–Crippen LogP) is 2.35. The predicted molar refractivity (Wildman–Crippen MR) is 49.9 cm³/mol. The fourth-order valence-electron chi connectivity index (χ4n) is 0.856. The van der Waals surface area contributed by atoms with Gasteiger partial charge in [0.25, 0.3) is 0 Å². The monoisotopic (exact) mass is 169 g/mol. The van der Waals surface area contributed by atoms with Gasteiger partial charge in [-0.15, -0.1) is 0 Å². The molecule has 0 amide bonds. The molecule has 0 fully saturated rings. The molecule has 0 saturated heterocycles. The molecule has 0 nitrogen and oxygen atoms in total. The van der Waals surface area contributed by atoms with Crippen LogP contribution in [0.15, 0.2) is 30.3 Å². The quantitative estimate of drug-likeness (QED) is 0.479. The summed E-state index contributed by atoms with van der Waals surface area (Å²) in [6.45, 7) is -0.181. The fourth-order valence-corrected chi connectivity index (χ4v) is 1.88. The maximum absolute atomic E-state index is 11.7. The lowest BCUT2D eigenvalue weighted by molar-refractivity contribution is 0.489. The Hall–Kier alpha value is -0.420. The standard InChI is InChI=1S/C9H12FP/c10-7-4-8-11-9-5-2-1-3-6-9/h1-3,5-6,11H,4,7-8H2/i10-1. The summed E-state index contributed by atoms with van der Waals surface area (Å²) in [6, 6.07) is 10.2. The highest BCUT2D eigenvalue weighted by Gasteiger charge is 1.89. The first-order valence-electron chi connectivity index (χ1n) is 3.78. The molecule has 1 unspecified atom stereocenters. The zero-order valence-electron chi connectivity index (χ0n) is 6.39. The molecule has 0 aliphatic rings. The lowest BCUT2D eigenvalue weighted by Crippen LogP contribution is -1.93. The van der Waals surface area contributed by atoms with Gasteiger partial charge >= 0.3 is 0 Å². The zero-order valence-corrected chi connectivity index (χ0v) is 7.39. The number of rotatable bonds is 4. The highest BCUT2D eigenvalue weighted by molar-refractivity contribution is 7.47. The first-order valence-corrected chi connectivity index (χ1v) is 4.99. The van der Waals surface area contributed by atoms with Crippen LogP contribution in [0, 0.1) is 0 Å². The van der Waals surface area contributed by atoms with Crippen LogP contribution < -0.4 is 5.30 Å². The average molecular weight is 169 g/mol. The van der Waals surface area contributed by atoms with Gasteiger partial charge in [-0.2, -0.15) is 0 Å². The molecule has 0 aliphatic heterocycles. The van der Waals surface area contributed by atoms with Crippen molar-refractivity contribution in [2.24, 2.45) is 0 Å². The Morgan fingerprint density at radius 3 is 2.55 bits per heavy atom. The minimum Gasteiger partial charge on any atom is -0.251 e. The van der Waals surface area contributed by atoms with E-state index in [-0.39, 0.29) is 6.67 Å². The SMILES string of the molecule is [18F]CCCPc1ccccc1. The number of hydrogen-bond acceptors (Lipinski definition) is 0. The van der Waals surface area contributed by atoms with E-state index in [1.165, 1.54) is 5.30 Å². The molecule has 0 saturated carbocycles. The first-order chi connectivity index (χ1) is 5.43. The van der Waals surface area contributed by atoms with Gasteiger partial charge in [0.05, 0.1) is 6.67 Å². The van der Waals surface area contributed by atoms with Crippen molar-refractivity contribution < 1.29 is 4.39 Å². The van der Waals surface area contributed by atoms with E-state index in [4.69, 9.17) is 0 Å². The van der Waals surface area contributed by atoms with Crippen molar-refractivity contribution in [2.45, 2.75) is 6.42 Å². The van der Waals surface area contributed by atoms with Gasteiger partial charge in [0.2, 0.25) is 0 Å². The molecule has 1 aromatic carbocycles. The van der Waals surface area contributed by atoms with Crippen molar-refractivity contribution in [2.75, 3.05) is 12.8 Å². The molecule has 0 bridgehead atoms. The van der Waals surface area contributed by atoms with Crippen LogP contribution in [-0.2, 0) is 0 Å². The Labute approximate surface area is 68.6 Å². The Kier molecular flexibility index (Phi) is 4.15. The van der Waals surface area contributed by atoms with Crippen molar-refractivity contribution in [1.82, 2.24) is 0 Å². The van der Waals surface area contributed by atoms with E-state index in [0.29, 0.717) is 6.42 Å². The van der Waals surface area contributed by atoms with E-state index >= 15 is 0 Å². The van der Waals surface area contributed by atoms with Crippen molar-refractivity contribution in [3.05, 3.63) is 30.3 Å². The third-order valence-electron chi connectivity index (χ3n) is 1.41. The molecule has 1 aromatic rings. The van der Waals surface area contributed by atoms with Crippen LogP contribution >= 0.6 is 8.58 Å². The number of halogens is 1. The fraction of sp³-hybridized carbons (Fsp3) is 0.333. The molecular weight excluding hydrogens is 157 g/mol. The molecule has 0 aromatic heterocycles. The molecule has 0 aliphatic carbocycles. The molecule has 1 atom stereocenters. The number of hydrogen-bond donors (Lipinski definition) is 0. The van der Waals surface area contributed by atoms with Crippen LogP contribution in [0.3, 0.4) is 0 Å². The van der Waals surface area contributed by atoms with Gasteiger partial charge in [0, 0.05) is 0 Å². The Morgan fingerprint density at radius 2 is 1.91 bits per heavy atom. The maximum atomic E-state index is 11.7. The van der Waals surface area contributed by atoms with Gasteiger partial charge in [0.15, 0.2) is 0 Å². The van der Waals surface area contributed by atoms with Crippen molar-refractivity contribution in [3.63, 3.8) is 0 Å². The normalized spacial score (nSPS) is 11.0. The molecule has 0 spiro atoms. The smallest absolute Gasteiger partial charge is 0.0897 e. The largest absolute Gasteiger partial charge is 0.251 e. The molecular formula is C9H12FP. The van der Waals surface area contributed by atoms with Gasteiger partial charge in [-0.05, 0) is 17.9 Å². The molecule has 0 heterocycles. The van der Waals surface area contributed by atoms with E-state index in [1.807, 2.05) is 18.2 Å². The summed E-state index contributed by atoms with van der Waals surface area (Å²) in [5.41, 5.74) is 0. The minimum atomic E-state index is -0.181. The van der Waals surface area contributed by atoms with Crippen LogP contribution in [0.5, 0.6) is 0 Å². The topological polar surface area (TPSA) is 0 Å². The molecule has 60 valence electrons. The third kappa shape index (κ3) is 3.48. The van der Waals surface area contributed by atoms with E-state index in [1.54, 1.807) is 0 Å². The molecule has 11 heavy (non-hydrogen) atoms. The number of benzene rings is 1. The summed E-state index contributed by atoms with van der Waals surface area (Å²) in [4.78, 5) is 0. The minimum absolute atomic E-state index is 0.181. The second kappa shape index (κ2) is 5.26. The van der Waals surface area contributed by atoms with Crippen LogP contribution in [0.4, 0.5) is 4.39 Å². The van der Waals surface area contributed by atoms with Crippen LogP contribution in [0.1, 0.15) is 6.42 Å². The van der Waals surface area contributed by atoms with E-state index in [0.717, 1.165) is 14.7 Å². The van der Waals surface area contributed by atoms with Gasteiger partial charge < -0.3 is 0 Å². The van der Waals surface area contributed by atoms with Crippen LogP contribution in [0.2, 0.25) is 0 Å². The number of alkyl halides is 1. The molecule has 2 heteroatoms. The van der Waals surface area contributed by atoms with E-state index < -0.39 is 0 Å². The summed E-state index contributed by atoms with van der Waals surface area (Å²) in [7, 11) is 0.771. The maximum Gasteiger partial charge on any atom is 0.0897 e. The summed E-state index contributed by atoms with van der Waals surface area (Å²) in [6.07, 6.45) is 1.69. The first kappa shape index (κ1) is 8.67. The summed E-state index contributed by atoms with van der Waals surface area (Å²) < 4.78 is 11.7. The zero-order chi connectivity index (χ0) is 7.94. The summed E-state index contributed by atoms with van der Waals surface area (Å²) >= 11 is 0. The van der Waals surface area contributed by atoms with E-state index in [9.17, 15) is 4.39 Å². The Morgan fingerprint density at radius 1 is 1.18 bits per heavy atom. The van der Waals surface area contributed by atoms with Gasteiger partial charge in [0.1, 0.15) is 0 Å². The molecule has 0 N–H and O–H groups in total. The van der Waals surface area contributed by atoms with Crippen LogP contribution in [0.25, 0.3) is 0 Å². The van der Waals surface area contributed by atoms with Crippen molar-refractivity contribution in [3.8, 4) is 0 Å². The van der Waals surface area contributed by atoms with Gasteiger partial charge in [-0.1, -0.05) is 38.9 Å². The van der Waals surface area contributed by atoms with E-state index in [2.05, 4.69) is 12.1 Å². The van der Waals surface area contributed by atoms with Crippen LogP contribution in [-0.4, -0.2) is 12.8 Å². The molecule has 1 rings (SSSR count).